The molecule has 0 radical (unpaired) electrons. The Bertz CT molecular complexity index is 898. The number of nitrogens with one attached hydrogen (secondary N) is 1. The maximum absolute atomic E-state index is 12.3. The van der Waals surface area contributed by atoms with E-state index in [1.54, 1.807) is 18.2 Å². The highest BCUT2D eigenvalue weighted by Crippen LogP contribution is 2.26. The van der Waals surface area contributed by atoms with Gasteiger partial charge in [-0.1, -0.05) is 0 Å². The molecule has 2 rings (SSSR count). The van der Waals surface area contributed by atoms with Gasteiger partial charge >= 0.3 is 0 Å². The zero-order valence-corrected chi connectivity index (χ0v) is 14.1. The number of anilines is 1. The van der Waals surface area contributed by atoms with E-state index in [-0.39, 0.29) is 11.3 Å². The SMILES string of the molecule is COc1ccc(C=C(C#N)C(=O)Nc2ccc([N+](=O)[O-])cc2)c(OC)c1. The maximum Gasteiger partial charge on any atom is 0.269 e. The van der Waals surface area contributed by atoms with Crippen LogP contribution in [0.25, 0.3) is 6.08 Å². The summed E-state index contributed by atoms with van der Waals surface area (Å²) in [6.45, 7) is 0. The number of hydrogen-bond acceptors (Lipinski definition) is 6. The Labute approximate surface area is 149 Å². The van der Waals surface area contributed by atoms with Gasteiger partial charge in [0.1, 0.15) is 23.1 Å². The van der Waals surface area contributed by atoms with Crippen LogP contribution in [0.5, 0.6) is 11.5 Å². The van der Waals surface area contributed by atoms with Gasteiger partial charge in [-0.15, -0.1) is 0 Å². The number of benzene rings is 2. The standard InChI is InChI=1S/C18H15N3O5/c1-25-16-8-3-12(17(10-16)26-2)9-13(11-19)18(22)20-14-4-6-15(7-5-14)21(23)24/h3-10H,1-2H3,(H,20,22). The van der Waals surface area contributed by atoms with Gasteiger partial charge in [-0.25, -0.2) is 0 Å². The number of hydrogen-bond donors (Lipinski definition) is 1. The second kappa shape index (κ2) is 8.30. The normalized spacial score (nSPS) is 10.6. The van der Waals surface area contributed by atoms with Gasteiger partial charge in [-0.2, -0.15) is 5.26 Å². The minimum absolute atomic E-state index is 0.0954. The fourth-order valence-electron chi connectivity index (χ4n) is 2.11. The van der Waals surface area contributed by atoms with Crippen molar-refractivity contribution in [1.82, 2.24) is 0 Å². The topological polar surface area (TPSA) is 114 Å². The molecule has 0 bridgehead atoms. The van der Waals surface area contributed by atoms with Crippen LogP contribution in [0.2, 0.25) is 0 Å². The summed E-state index contributed by atoms with van der Waals surface area (Å²) >= 11 is 0. The van der Waals surface area contributed by atoms with Crippen LogP contribution in [0, 0.1) is 21.4 Å². The summed E-state index contributed by atoms with van der Waals surface area (Å²) in [5.74, 6) is 0.382. The van der Waals surface area contributed by atoms with Crippen LogP contribution in [0.1, 0.15) is 5.56 Å². The van der Waals surface area contributed by atoms with Crippen molar-refractivity contribution >= 4 is 23.4 Å². The van der Waals surface area contributed by atoms with Crippen LogP contribution in [-0.2, 0) is 4.79 Å². The number of rotatable bonds is 6. The fourth-order valence-corrected chi connectivity index (χ4v) is 2.11. The van der Waals surface area contributed by atoms with Crippen molar-refractivity contribution in [3.05, 3.63) is 63.7 Å². The third-order valence-corrected chi connectivity index (χ3v) is 3.44. The van der Waals surface area contributed by atoms with E-state index in [0.29, 0.717) is 22.7 Å². The van der Waals surface area contributed by atoms with E-state index in [0.717, 1.165) is 0 Å². The highest BCUT2D eigenvalue weighted by molar-refractivity contribution is 6.09. The summed E-state index contributed by atoms with van der Waals surface area (Å²) in [6.07, 6.45) is 1.39. The van der Waals surface area contributed by atoms with E-state index in [9.17, 15) is 20.2 Å². The third-order valence-electron chi connectivity index (χ3n) is 3.44. The first kappa shape index (κ1) is 18.5. The second-order valence-electron chi connectivity index (χ2n) is 5.04. The maximum atomic E-state index is 12.3. The monoisotopic (exact) mass is 353 g/mol. The molecular formula is C18H15N3O5. The summed E-state index contributed by atoms with van der Waals surface area (Å²) < 4.78 is 10.3. The molecule has 0 aliphatic rings. The summed E-state index contributed by atoms with van der Waals surface area (Å²) in [7, 11) is 2.98. The minimum atomic E-state index is -0.640. The third kappa shape index (κ3) is 4.36. The van der Waals surface area contributed by atoms with Crippen LogP contribution in [0.4, 0.5) is 11.4 Å². The number of non-ortho nitro benzene ring substituents is 1. The lowest BCUT2D eigenvalue weighted by molar-refractivity contribution is -0.384. The molecule has 1 amide bonds. The zero-order valence-electron chi connectivity index (χ0n) is 14.1. The number of carbonyl (C=O) groups is 1. The molecule has 0 aromatic heterocycles. The van der Waals surface area contributed by atoms with Gasteiger partial charge in [-0.05, 0) is 30.3 Å². The summed E-state index contributed by atoms with van der Waals surface area (Å²) in [4.78, 5) is 22.4. The largest absolute Gasteiger partial charge is 0.497 e. The average Bonchev–Trinajstić information content (AvgIpc) is 2.66. The van der Waals surface area contributed by atoms with Crippen LogP contribution in [0.15, 0.2) is 48.0 Å². The Kier molecular flexibility index (Phi) is 5.90. The molecule has 0 saturated heterocycles. The number of amides is 1. The number of carbonyl (C=O) groups excluding carboxylic acids is 1. The Hall–Kier alpha value is -3.86. The molecule has 0 aliphatic carbocycles. The van der Waals surface area contributed by atoms with E-state index in [1.165, 1.54) is 44.6 Å². The number of nitrogens with zero attached hydrogens (tertiary/aromatic N) is 2. The lowest BCUT2D eigenvalue weighted by atomic mass is 10.1. The van der Waals surface area contributed by atoms with Gasteiger partial charge in [-0.3, -0.25) is 14.9 Å². The molecule has 0 heterocycles. The number of ether oxygens (including phenoxy) is 2. The highest BCUT2D eigenvalue weighted by atomic mass is 16.6. The van der Waals surface area contributed by atoms with Gasteiger partial charge in [0.15, 0.2) is 0 Å². The Morgan fingerprint density at radius 2 is 1.88 bits per heavy atom. The smallest absolute Gasteiger partial charge is 0.269 e. The molecule has 0 unspecified atom stereocenters. The second-order valence-corrected chi connectivity index (χ2v) is 5.04. The number of nitro groups is 1. The van der Waals surface area contributed by atoms with E-state index in [2.05, 4.69) is 5.32 Å². The van der Waals surface area contributed by atoms with Crippen molar-refractivity contribution in [2.45, 2.75) is 0 Å². The molecular weight excluding hydrogens is 338 g/mol. The van der Waals surface area contributed by atoms with Crippen LogP contribution >= 0.6 is 0 Å². The first-order valence-electron chi connectivity index (χ1n) is 7.38. The summed E-state index contributed by atoms with van der Waals surface area (Å²) in [6, 6.07) is 12.1. The van der Waals surface area contributed by atoms with Crippen molar-refractivity contribution in [3.63, 3.8) is 0 Å². The Morgan fingerprint density at radius 3 is 2.42 bits per heavy atom. The molecule has 132 valence electrons. The van der Waals surface area contributed by atoms with Crippen molar-refractivity contribution < 1.29 is 19.2 Å². The molecule has 8 heteroatoms. The van der Waals surface area contributed by atoms with Crippen molar-refractivity contribution in [1.29, 1.82) is 5.26 Å². The molecule has 0 spiro atoms. The molecule has 2 aromatic carbocycles. The average molecular weight is 353 g/mol. The van der Waals surface area contributed by atoms with Crippen molar-refractivity contribution in [2.24, 2.45) is 0 Å². The first-order chi connectivity index (χ1) is 12.5. The molecule has 0 atom stereocenters. The minimum Gasteiger partial charge on any atom is -0.497 e. The lowest BCUT2D eigenvalue weighted by Crippen LogP contribution is -2.13. The number of nitro benzene ring substituents is 1. The van der Waals surface area contributed by atoms with E-state index in [1.807, 2.05) is 6.07 Å². The zero-order chi connectivity index (χ0) is 19.1. The first-order valence-corrected chi connectivity index (χ1v) is 7.38. The predicted octanol–water partition coefficient (Wildman–Crippen LogP) is 3.16. The lowest BCUT2D eigenvalue weighted by Gasteiger charge is -2.08. The molecule has 26 heavy (non-hydrogen) atoms. The number of nitriles is 1. The van der Waals surface area contributed by atoms with Crippen molar-refractivity contribution in [2.75, 3.05) is 19.5 Å². The molecule has 2 aromatic rings. The fraction of sp³-hybridized carbons (Fsp3) is 0.111. The van der Waals surface area contributed by atoms with Gasteiger partial charge in [0, 0.05) is 29.4 Å². The summed E-state index contributed by atoms with van der Waals surface area (Å²) in [5, 5.41) is 22.4. The van der Waals surface area contributed by atoms with Gasteiger partial charge < -0.3 is 14.8 Å². The van der Waals surface area contributed by atoms with E-state index < -0.39 is 10.8 Å². The van der Waals surface area contributed by atoms with Gasteiger partial charge in [0.05, 0.1) is 19.1 Å². The van der Waals surface area contributed by atoms with Crippen LogP contribution < -0.4 is 14.8 Å². The molecule has 8 nitrogen and oxygen atoms in total. The van der Waals surface area contributed by atoms with Crippen LogP contribution in [0.3, 0.4) is 0 Å². The van der Waals surface area contributed by atoms with Gasteiger partial charge in [0.2, 0.25) is 0 Å². The van der Waals surface area contributed by atoms with Crippen LogP contribution in [-0.4, -0.2) is 25.1 Å². The Morgan fingerprint density at radius 1 is 1.19 bits per heavy atom. The molecule has 0 aliphatic heterocycles. The van der Waals surface area contributed by atoms with Gasteiger partial charge in [0.25, 0.3) is 11.6 Å². The predicted molar refractivity (Wildman–Crippen MR) is 94.9 cm³/mol. The molecule has 1 N–H and O–H groups in total. The quantitative estimate of drug-likeness (QED) is 0.369. The van der Waals surface area contributed by atoms with E-state index in [4.69, 9.17) is 9.47 Å². The number of methoxy groups -OCH3 is 2. The molecule has 0 fully saturated rings. The van der Waals surface area contributed by atoms with Crippen molar-refractivity contribution in [3.8, 4) is 17.6 Å². The summed E-state index contributed by atoms with van der Waals surface area (Å²) in [5.41, 5.74) is 0.626. The molecule has 0 saturated carbocycles. The Balaban J connectivity index is 2.24. The van der Waals surface area contributed by atoms with E-state index >= 15 is 0 Å². The highest BCUT2D eigenvalue weighted by Gasteiger charge is 2.13.